The van der Waals surface area contributed by atoms with Crippen molar-refractivity contribution in [3.8, 4) is 0 Å². The maximum absolute atomic E-state index is 12.5. The quantitative estimate of drug-likeness (QED) is 0.734. The smallest absolute Gasteiger partial charge is 0.246 e. The van der Waals surface area contributed by atoms with Crippen LogP contribution in [-0.2, 0) is 16.6 Å². The molecular weight excluding hydrogens is 296 g/mol. The molecule has 0 amide bonds. The first kappa shape index (κ1) is 17.5. The molecule has 1 atom stereocenters. The van der Waals surface area contributed by atoms with E-state index in [0.29, 0.717) is 13.1 Å². The third-order valence-corrected chi connectivity index (χ3v) is 5.80. The summed E-state index contributed by atoms with van der Waals surface area (Å²) in [5.41, 5.74) is 5.44. The summed E-state index contributed by atoms with van der Waals surface area (Å²) in [7, 11) is -1.84. The van der Waals surface area contributed by atoms with E-state index in [4.69, 9.17) is 5.73 Å². The molecule has 0 bridgehead atoms. The van der Waals surface area contributed by atoms with Crippen molar-refractivity contribution in [3.05, 3.63) is 12.4 Å². The van der Waals surface area contributed by atoms with Crippen molar-refractivity contribution in [1.29, 1.82) is 0 Å². The van der Waals surface area contributed by atoms with E-state index < -0.39 is 10.0 Å². The molecule has 0 fully saturated rings. The van der Waals surface area contributed by atoms with E-state index in [9.17, 15) is 8.42 Å². The highest BCUT2D eigenvalue weighted by atomic mass is 32.2. The number of hydrogen-bond donors (Lipinski definition) is 1. The topological polar surface area (TPSA) is 81.2 Å². The van der Waals surface area contributed by atoms with Crippen LogP contribution in [0.4, 0.5) is 0 Å². The molecule has 0 aliphatic rings. The predicted molar refractivity (Wildman–Crippen MR) is 83.3 cm³/mol. The van der Waals surface area contributed by atoms with Gasteiger partial charge in [0.25, 0.3) is 0 Å². The van der Waals surface area contributed by atoms with E-state index in [1.165, 1.54) is 10.5 Å². The predicted octanol–water partition coefficient (Wildman–Crippen LogP) is 0.994. The molecule has 0 saturated carbocycles. The monoisotopic (exact) mass is 320 g/mol. The second kappa shape index (κ2) is 8.02. The van der Waals surface area contributed by atoms with Gasteiger partial charge in [-0.1, -0.05) is 6.92 Å². The Morgan fingerprint density at radius 2 is 2.25 bits per heavy atom. The molecular formula is C12H24N4O2S2. The van der Waals surface area contributed by atoms with Crippen molar-refractivity contribution in [2.24, 2.45) is 5.73 Å². The van der Waals surface area contributed by atoms with Crippen LogP contribution < -0.4 is 5.73 Å². The second-order valence-corrected chi connectivity index (χ2v) is 7.53. The summed E-state index contributed by atoms with van der Waals surface area (Å²) in [6.07, 6.45) is 6.54. The molecule has 1 heterocycles. The number of aromatic nitrogens is 2. The molecule has 8 heteroatoms. The maximum Gasteiger partial charge on any atom is 0.246 e. The minimum Gasteiger partial charge on any atom is -0.330 e. The Hall–Kier alpha value is -0.570. The van der Waals surface area contributed by atoms with Gasteiger partial charge < -0.3 is 5.73 Å². The summed E-state index contributed by atoms with van der Waals surface area (Å²) in [5, 5.41) is 4.08. The minimum atomic E-state index is -3.47. The van der Waals surface area contributed by atoms with Crippen LogP contribution in [0.5, 0.6) is 0 Å². The van der Waals surface area contributed by atoms with E-state index in [2.05, 4.69) is 5.10 Å². The summed E-state index contributed by atoms with van der Waals surface area (Å²) in [6, 6.07) is 0.00221. The van der Waals surface area contributed by atoms with Crippen molar-refractivity contribution in [1.82, 2.24) is 14.1 Å². The van der Waals surface area contributed by atoms with Crippen molar-refractivity contribution < 1.29 is 8.42 Å². The first-order valence-corrected chi connectivity index (χ1v) is 9.50. The zero-order valence-corrected chi connectivity index (χ0v) is 14.0. The van der Waals surface area contributed by atoms with E-state index in [-0.39, 0.29) is 10.9 Å². The van der Waals surface area contributed by atoms with Crippen molar-refractivity contribution in [2.45, 2.75) is 37.2 Å². The largest absolute Gasteiger partial charge is 0.330 e. The molecule has 0 saturated heterocycles. The molecule has 1 unspecified atom stereocenters. The molecule has 0 aliphatic heterocycles. The van der Waals surface area contributed by atoms with Gasteiger partial charge in [-0.3, -0.25) is 4.68 Å². The van der Waals surface area contributed by atoms with E-state index in [0.717, 1.165) is 18.6 Å². The molecule has 6 nitrogen and oxygen atoms in total. The zero-order valence-electron chi connectivity index (χ0n) is 12.3. The van der Waals surface area contributed by atoms with Crippen molar-refractivity contribution in [3.63, 3.8) is 0 Å². The molecule has 0 aromatic carbocycles. The van der Waals surface area contributed by atoms with Crippen LogP contribution in [-0.4, -0.2) is 54.1 Å². The Labute approximate surface area is 125 Å². The number of aryl methyl sites for hydroxylation is 1. The van der Waals surface area contributed by atoms with E-state index >= 15 is 0 Å². The molecule has 20 heavy (non-hydrogen) atoms. The summed E-state index contributed by atoms with van der Waals surface area (Å²) in [5.74, 6) is 0.785. The molecule has 0 spiro atoms. The first-order chi connectivity index (χ1) is 9.47. The average Bonchev–Trinajstić information content (AvgIpc) is 2.91. The number of sulfonamides is 1. The molecule has 2 N–H and O–H groups in total. The molecule has 0 aliphatic carbocycles. The zero-order chi connectivity index (χ0) is 15.2. The lowest BCUT2D eigenvalue weighted by atomic mass is 10.3. The number of nitrogens with two attached hydrogens (primary N) is 1. The van der Waals surface area contributed by atoms with E-state index in [1.807, 2.05) is 13.2 Å². The van der Waals surface area contributed by atoms with Crippen LogP contribution in [0.2, 0.25) is 0 Å². The lowest BCUT2D eigenvalue weighted by Crippen LogP contribution is -2.38. The Morgan fingerprint density at radius 1 is 1.55 bits per heavy atom. The summed E-state index contributed by atoms with van der Waals surface area (Å²) in [6.45, 7) is 3.20. The number of hydrogen-bond acceptors (Lipinski definition) is 5. The van der Waals surface area contributed by atoms with Gasteiger partial charge in [-0.15, -0.1) is 0 Å². The summed E-state index contributed by atoms with van der Waals surface area (Å²) < 4.78 is 28.1. The fourth-order valence-electron chi connectivity index (χ4n) is 1.89. The lowest BCUT2D eigenvalue weighted by Gasteiger charge is -2.25. The van der Waals surface area contributed by atoms with Crippen LogP contribution in [0.1, 0.15) is 19.8 Å². The van der Waals surface area contributed by atoms with Crippen LogP contribution in [0.25, 0.3) is 0 Å². The van der Waals surface area contributed by atoms with Gasteiger partial charge in [0, 0.05) is 31.6 Å². The van der Waals surface area contributed by atoms with Crippen LogP contribution >= 0.6 is 11.8 Å². The van der Waals surface area contributed by atoms with Crippen LogP contribution in [0, 0.1) is 0 Å². The molecule has 0 radical (unpaired) electrons. The number of nitrogens with zero attached hydrogens (tertiary/aromatic N) is 3. The van der Waals surface area contributed by atoms with Gasteiger partial charge in [-0.25, -0.2) is 8.42 Å². The third-order valence-electron chi connectivity index (χ3n) is 3.22. The highest BCUT2D eigenvalue weighted by Gasteiger charge is 2.27. The Kier molecular flexibility index (Phi) is 7.01. The Bertz CT molecular complexity index is 501. The summed E-state index contributed by atoms with van der Waals surface area (Å²) >= 11 is 1.65. The second-order valence-electron chi connectivity index (χ2n) is 4.62. The molecule has 1 aromatic heterocycles. The number of thioether (sulfide) groups is 1. The van der Waals surface area contributed by atoms with Gasteiger partial charge in [-0.2, -0.15) is 21.2 Å². The third kappa shape index (κ3) is 4.21. The highest BCUT2D eigenvalue weighted by molar-refractivity contribution is 7.98. The average molecular weight is 320 g/mol. The fourth-order valence-corrected chi connectivity index (χ4v) is 4.21. The fraction of sp³-hybridized carbons (Fsp3) is 0.750. The normalized spacial score (nSPS) is 13.8. The van der Waals surface area contributed by atoms with Gasteiger partial charge in [0.15, 0.2) is 0 Å². The summed E-state index contributed by atoms with van der Waals surface area (Å²) in [4.78, 5) is 0.247. The Morgan fingerprint density at radius 3 is 2.80 bits per heavy atom. The van der Waals surface area contributed by atoms with Crippen LogP contribution in [0.3, 0.4) is 0 Å². The van der Waals surface area contributed by atoms with Gasteiger partial charge in [0.1, 0.15) is 4.90 Å². The molecule has 1 aromatic rings. The standard InChI is InChI=1S/C12H24N4O2S2/c1-4-11(10-19-3)15(2)20(17,18)12-8-14-16(9-12)7-5-6-13/h8-9,11H,4-7,10,13H2,1-3H3. The molecule has 1 rings (SSSR count). The van der Waals surface area contributed by atoms with E-state index in [1.54, 1.807) is 29.7 Å². The SMILES string of the molecule is CCC(CSC)N(C)S(=O)(=O)c1cnn(CCCN)c1. The van der Waals surface area contributed by atoms with Gasteiger partial charge in [-0.05, 0) is 25.6 Å². The highest BCUT2D eigenvalue weighted by Crippen LogP contribution is 2.19. The first-order valence-electron chi connectivity index (χ1n) is 6.66. The number of rotatable bonds is 9. The van der Waals surface area contributed by atoms with Gasteiger partial charge in [0.05, 0.1) is 6.20 Å². The van der Waals surface area contributed by atoms with Crippen molar-refractivity contribution >= 4 is 21.8 Å². The Balaban J connectivity index is 2.89. The lowest BCUT2D eigenvalue weighted by molar-refractivity contribution is 0.385. The van der Waals surface area contributed by atoms with Crippen LogP contribution in [0.15, 0.2) is 17.3 Å². The minimum absolute atomic E-state index is 0.00221. The molecule has 116 valence electrons. The van der Waals surface area contributed by atoms with Gasteiger partial charge >= 0.3 is 0 Å². The van der Waals surface area contributed by atoms with Gasteiger partial charge in [0.2, 0.25) is 10.0 Å². The van der Waals surface area contributed by atoms with Crippen molar-refractivity contribution in [2.75, 3.05) is 25.6 Å². The maximum atomic E-state index is 12.5.